The van der Waals surface area contributed by atoms with Crippen LogP contribution < -0.4 is 14.8 Å². The first-order valence-corrected chi connectivity index (χ1v) is 12.3. The molecule has 1 atom stereocenters. The molecule has 1 saturated carbocycles. The van der Waals surface area contributed by atoms with Crippen LogP contribution in [-0.2, 0) is 22.7 Å². The highest BCUT2D eigenvalue weighted by molar-refractivity contribution is 5.87. The molecule has 1 fully saturated rings. The van der Waals surface area contributed by atoms with Gasteiger partial charge in [0.2, 0.25) is 24.4 Å². The quantitative estimate of drug-likeness (QED) is 0.482. The van der Waals surface area contributed by atoms with Gasteiger partial charge in [-0.05, 0) is 61.2 Å². The summed E-state index contributed by atoms with van der Waals surface area (Å²) in [5.74, 6) is 2.36. The van der Waals surface area contributed by atoms with Gasteiger partial charge >= 0.3 is 0 Å². The van der Waals surface area contributed by atoms with E-state index in [9.17, 15) is 9.59 Å². The van der Waals surface area contributed by atoms with Gasteiger partial charge in [0, 0.05) is 12.6 Å². The number of nitrogens with zero attached hydrogens (tertiary/aromatic N) is 5. The molecule has 2 aromatic heterocycles. The van der Waals surface area contributed by atoms with E-state index in [1.165, 1.54) is 4.80 Å². The number of benzene rings is 1. The molecular weight excluding hydrogens is 464 g/mol. The normalized spacial score (nSPS) is 15.7. The second-order valence-corrected chi connectivity index (χ2v) is 9.18. The van der Waals surface area contributed by atoms with Gasteiger partial charge < -0.3 is 24.1 Å². The summed E-state index contributed by atoms with van der Waals surface area (Å²) < 4.78 is 16.5. The van der Waals surface area contributed by atoms with Gasteiger partial charge in [0.05, 0.1) is 0 Å². The van der Waals surface area contributed by atoms with Crippen LogP contribution in [-0.4, -0.2) is 55.8 Å². The average Bonchev–Trinajstić information content (AvgIpc) is 3.66. The molecule has 1 N–H and O–H groups in total. The molecule has 0 bridgehead atoms. The third-order valence-corrected chi connectivity index (χ3v) is 6.57. The maximum atomic E-state index is 13.6. The van der Waals surface area contributed by atoms with Gasteiger partial charge in [-0.15, -0.1) is 10.2 Å². The zero-order valence-electron chi connectivity index (χ0n) is 20.5. The molecule has 0 radical (unpaired) electrons. The van der Waals surface area contributed by atoms with Crippen molar-refractivity contribution < 1.29 is 23.5 Å². The molecule has 1 aliphatic carbocycles. The number of aryl methyl sites for hydroxylation is 1. The summed E-state index contributed by atoms with van der Waals surface area (Å²) in [4.78, 5) is 29.7. The van der Waals surface area contributed by atoms with Crippen molar-refractivity contribution in [2.75, 3.05) is 6.79 Å². The number of rotatable bonds is 9. The molecule has 11 nitrogen and oxygen atoms in total. The number of tetrazole rings is 1. The molecule has 1 aromatic carbocycles. The summed E-state index contributed by atoms with van der Waals surface area (Å²) in [5, 5.41) is 15.5. The number of aromatic nitrogens is 4. The van der Waals surface area contributed by atoms with E-state index in [-0.39, 0.29) is 37.7 Å². The molecule has 3 aromatic rings. The summed E-state index contributed by atoms with van der Waals surface area (Å²) in [6.07, 6.45) is 4.62. The molecule has 5 rings (SSSR count). The van der Waals surface area contributed by atoms with Crippen LogP contribution in [0.3, 0.4) is 0 Å². The molecule has 0 unspecified atom stereocenters. The number of fused-ring (bicyclic) bond motifs is 1. The summed E-state index contributed by atoms with van der Waals surface area (Å²) in [5.41, 5.74) is 0.831. The van der Waals surface area contributed by atoms with Crippen LogP contribution >= 0.6 is 0 Å². The molecule has 190 valence electrons. The number of hydrogen-bond acceptors (Lipinski definition) is 8. The van der Waals surface area contributed by atoms with E-state index in [1.54, 1.807) is 11.0 Å². The predicted octanol–water partition coefficient (Wildman–Crippen LogP) is 2.84. The second kappa shape index (κ2) is 10.4. The Kier molecular flexibility index (Phi) is 6.88. The fraction of sp³-hybridized carbons (Fsp3) is 0.480. The summed E-state index contributed by atoms with van der Waals surface area (Å²) in [6.45, 7) is 3.96. The Labute approximate surface area is 208 Å². The van der Waals surface area contributed by atoms with Crippen molar-refractivity contribution in [1.82, 2.24) is 30.4 Å². The van der Waals surface area contributed by atoms with Crippen molar-refractivity contribution >= 4 is 11.8 Å². The predicted molar refractivity (Wildman–Crippen MR) is 128 cm³/mol. The molecular formula is C25H30N6O5. The van der Waals surface area contributed by atoms with Crippen molar-refractivity contribution in [1.29, 1.82) is 0 Å². The Balaban J connectivity index is 1.36. The molecule has 36 heavy (non-hydrogen) atoms. The first kappa shape index (κ1) is 23.8. The highest BCUT2D eigenvalue weighted by Gasteiger charge is 2.31. The lowest BCUT2D eigenvalue weighted by molar-refractivity contribution is -0.142. The van der Waals surface area contributed by atoms with E-state index in [2.05, 4.69) is 20.7 Å². The summed E-state index contributed by atoms with van der Waals surface area (Å²) in [7, 11) is 0. The maximum absolute atomic E-state index is 13.6. The molecule has 11 heteroatoms. The average molecular weight is 495 g/mol. The van der Waals surface area contributed by atoms with E-state index in [0.717, 1.165) is 37.0 Å². The number of amides is 2. The van der Waals surface area contributed by atoms with E-state index in [4.69, 9.17) is 13.9 Å². The maximum Gasteiger partial charge on any atom is 0.247 e. The molecule has 2 aliphatic rings. The Bertz CT molecular complexity index is 1230. The van der Waals surface area contributed by atoms with Gasteiger partial charge in [-0.25, -0.2) is 0 Å². The van der Waals surface area contributed by atoms with Crippen molar-refractivity contribution in [3.63, 3.8) is 0 Å². The fourth-order valence-electron chi connectivity index (χ4n) is 4.70. The molecule has 0 saturated heterocycles. The Morgan fingerprint density at radius 2 is 1.97 bits per heavy atom. The third kappa shape index (κ3) is 5.19. The van der Waals surface area contributed by atoms with Gasteiger partial charge in [0.1, 0.15) is 18.3 Å². The lowest BCUT2D eigenvalue weighted by Gasteiger charge is -2.31. The Morgan fingerprint density at radius 3 is 2.72 bits per heavy atom. The van der Waals surface area contributed by atoms with Crippen LogP contribution in [0.1, 0.15) is 50.4 Å². The van der Waals surface area contributed by atoms with Crippen molar-refractivity contribution in [2.24, 2.45) is 0 Å². The minimum absolute atomic E-state index is 0.142. The van der Waals surface area contributed by atoms with Crippen LogP contribution in [0.4, 0.5) is 0 Å². The standard InChI is InChI=1S/C25H30N6O5/c1-3-19(25(33)26-18-6-4-5-7-18)30(13-17-9-11-20-22(12-17)35-15-34-20)23(32)14-31-28-24(27-29-31)21-10-8-16(2)36-21/h8-12,18-19H,3-7,13-15H2,1-2H3,(H,26,33)/t19-/m0/s1. The summed E-state index contributed by atoms with van der Waals surface area (Å²) >= 11 is 0. The highest BCUT2D eigenvalue weighted by atomic mass is 16.7. The topological polar surface area (TPSA) is 125 Å². The van der Waals surface area contributed by atoms with Gasteiger partial charge in [0.25, 0.3) is 0 Å². The number of ether oxygens (including phenoxy) is 2. The van der Waals surface area contributed by atoms with Gasteiger partial charge in [-0.3, -0.25) is 9.59 Å². The van der Waals surface area contributed by atoms with Gasteiger partial charge in [-0.2, -0.15) is 4.80 Å². The second-order valence-electron chi connectivity index (χ2n) is 9.18. The zero-order valence-corrected chi connectivity index (χ0v) is 20.5. The highest BCUT2D eigenvalue weighted by Crippen LogP contribution is 2.33. The first-order valence-electron chi connectivity index (χ1n) is 12.3. The summed E-state index contributed by atoms with van der Waals surface area (Å²) in [6, 6.07) is 8.62. The van der Waals surface area contributed by atoms with Gasteiger partial charge in [-0.1, -0.05) is 25.8 Å². The van der Waals surface area contributed by atoms with E-state index in [1.807, 2.05) is 38.1 Å². The minimum Gasteiger partial charge on any atom is -0.458 e. The third-order valence-electron chi connectivity index (χ3n) is 6.57. The number of nitrogens with one attached hydrogen (secondary N) is 1. The van der Waals surface area contributed by atoms with Crippen LogP contribution in [0, 0.1) is 6.92 Å². The van der Waals surface area contributed by atoms with E-state index >= 15 is 0 Å². The molecule has 1 aliphatic heterocycles. The number of carbonyl (C=O) groups is 2. The van der Waals surface area contributed by atoms with Crippen molar-refractivity contribution in [2.45, 2.75) is 71.1 Å². The number of hydrogen-bond donors (Lipinski definition) is 1. The first-order chi connectivity index (χ1) is 17.5. The van der Waals surface area contributed by atoms with E-state index < -0.39 is 6.04 Å². The molecule has 2 amide bonds. The lowest BCUT2D eigenvalue weighted by Crippen LogP contribution is -2.51. The lowest BCUT2D eigenvalue weighted by atomic mass is 10.1. The van der Waals surface area contributed by atoms with Crippen LogP contribution in [0.5, 0.6) is 11.5 Å². The fourth-order valence-corrected chi connectivity index (χ4v) is 4.70. The van der Waals surface area contributed by atoms with Crippen molar-refractivity contribution in [3.05, 3.63) is 41.7 Å². The van der Waals surface area contributed by atoms with Crippen molar-refractivity contribution in [3.8, 4) is 23.1 Å². The molecule has 3 heterocycles. The Morgan fingerprint density at radius 1 is 1.17 bits per heavy atom. The smallest absolute Gasteiger partial charge is 0.247 e. The van der Waals surface area contributed by atoms with Crippen LogP contribution in [0.15, 0.2) is 34.7 Å². The SMILES string of the molecule is CC[C@@H](C(=O)NC1CCCC1)N(Cc1ccc2c(c1)OCO2)C(=O)Cn1nnc(-c2ccc(C)o2)n1. The van der Waals surface area contributed by atoms with E-state index in [0.29, 0.717) is 29.5 Å². The number of furan rings is 1. The van der Waals surface area contributed by atoms with Crippen LogP contribution in [0.2, 0.25) is 0 Å². The van der Waals surface area contributed by atoms with Crippen LogP contribution in [0.25, 0.3) is 11.6 Å². The van der Waals surface area contributed by atoms with Gasteiger partial charge in [0.15, 0.2) is 17.3 Å². The zero-order chi connectivity index (χ0) is 25.1. The largest absolute Gasteiger partial charge is 0.458 e. The Hall–Kier alpha value is -3.89. The monoisotopic (exact) mass is 494 g/mol. The minimum atomic E-state index is -0.640. The number of carbonyl (C=O) groups excluding carboxylic acids is 2. The molecule has 0 spiro atoms.